The monoisotopic (exact) mass is 477 g/mol. The number of carbonyl (C=O) groups excluding carboxylic acids is 3. The number of carbonyl (C=O) groups is 3. The average Bonchev–Trinajstić information content (AvgIpc) is 3.52. The highest BCUT2D eigenvalue weighted by Gasteiger charge is 2.62. The van der Waals surface area contributed by atoms with E-state index >= 15 is 0 Å². The Bertz CT molecular complexity index is 1410. The molecule has 0 spiro atoms. The third-order valence-corrected chi connectivity index (χ3v) is 8.33. The van der Waals surface area contributed by atoms with Crippen LogP contribution in [0.2, 0.25) is 0 Å². The highest BCUT2D eigenvalue weighted by molar-refractivity contribution is 7.12. The Morgan fingerprint density at radius 1 is 0.686 bits per heavy atom. The standard InChI is InChI=1S/C29H19NO4S/c31-27-25-23-16-8-1-2-9-17(16)24(19-11-4-3-10-18(19)23)26(25)28(32)30(27)20-12-5-6-13-21(20)34-29(33)22-14-7-15-35-22/h1-15,23-26H/t23?,24?,25-,26+. The SMILES string of the molecule is O=C(Oc1ccccc1N1C(=O)[C@@H]2C3c4ccccc4C(c4ccccc43)[C@@H]2C1=O)c1cccs1. The number of amides is 2. The first-order valence-corrected chi connectivity index (χ1v) is 12.4. The Hall–Kier alpha value is -4.03. The summed E-state index contributed by atoms with van der Waals surface area (Å²) in [5.41, 5.74) is 4.81. The van der Waals surface area contributed by atoms with Gasteiger partial charge in [0.1, 0.15) is 4.88 Å². The van der Waals surface area contributed by atoms with Crippen LogP contribution in [0.5, 0.6) is 5.75 Å². The lowest BCUT2D eigenvalue weighted by Gasteiger charge is -2.45. The molecule has 2 atom stereocenters. The van der Waals surface area contributed by atoms with E-state index in [1.807, 2.05) is 24.3 Å². The van der Waals surface area contributed by atoms with E-state index in [1.165, 1.54) is 16.2 Å². The van der Waals surface area contributed by atoms with E-state index in [1.54, 1.807) is 41.8 Å². The molecule has 6 heteroatoms. The molecule has 0 radical (unpaired) electrons. The van der Waals surface area contributed by atoms with Crippen LogP contribution in [0.15, 0.2) is 90.3 Å². The van der Waals surface area contributed by atoms with Gasteiger partial charge >= 0.3 is 5.97 Å². The fourth-order valence-electron chi connectivity index (χ4n) is 6.19. The first-order chi connectivity index (χ1) is 17.1. The zero-order valence-electron chi connectivity index (χ0n) is 18.5. The van der Waals surface area contributed by atoms with Gasteiger partial charge in [-0.15, -0.1) is 11.3 Å². The van der Waals surface area contributed by atoms with Crippen molar-refractivity contribution in [3.8, 4) is 5.75 Å². The first-order valence-electron chi connectivity index (χ1n) is 11.6. The summed E-state index contributed by atoms with van der Waals surface area (Å²) in [6.07, 6.45) is 0. The summed E-state index contributed by atoms with van der Waals surface area (Å²) in [6, 6.07) is 26.5. The van der Waals surface area contributed by atoms with Crippen molar-refractivity contribution >= 4 is 34.8 Å². The minimum absolute atomic E-state index is 0.181. The van der Waals surface area contributed by atoms with Gasteiger partial charge in [-0.2, -0.15) is 0 Å². The molecule has 4 aliphatic rings. The lowest BCUT2D eigenvalue weighted by Crippen LogP contribution is -2.41. The molecule has 2 bridgehead atoms. The number of imide groups is 1. The molecule has 1 aromatic heterocycles. The van der Waals surface area contributed by atoms with Crippen LogP contribution in [-0.4, -0.2) is 17.8 Å². The molecule has 2 heterocycles. The first kappa shape index (κ1) is 20.4. The normalized spacial score (nSPS) is 23.6. The smallest absolute Gasteiger partial charge is 0.353 e. The number of esters is 1. The summed E-state index contributed by atoms with van der Waals surface area (Å²) in [5.74, 6) is -2.12. The quantitative estimate of drug-likeness (QED) is 0.226. The molecule has 1 fully saturated rings. The predicted octanol–water partition coefficient (Wildman–Crippen LogP) is 5.36. The maximum absolute atomic E-state index is 14.0. The number of benzene rings is 3. The van der Waals surface area contributed by atoms with Crippen LogP contribution in [0.3, 0.4) is 0 Å². The molecule has 170 valence electrons. The maximum Gasteiger partial charge on any atom is 0.353 e. The second-order valence-electron chi connectivity index (χ2n) is 9.11. The second-order valence-corrected chi connectivity index (χ2v) is 10.1. The van der Waals surface area contributed by atoms with Crippen molar-refractivity contribution in [2.75, 3.05) is 4.90 Å². The number of ether oxygens (including phenoxy) is 1. The lowest BCUT2D eigenvalue weighted by molar-refractivity contribution is -0.122. The van der Waals surface area contributed by atoms with E-state index in [-0.39, 0.29) is 29.4 Å². The van der Waals surface area contributed by atoms with Crippen molar-refractivity contribution < 1.29 is 19.1 Å². The summed E-state index contributed by atoms with van der Waals surface area (Å²) in [5, 5.41) is 1.80. The molecule has 8 rings (SSSR count). The van der Waals surface area contributed by atoms with E-state index in [2.05, 4.69) is 24.3 Å². The minimum Gasteiger partial charge on any atom is -0.420 e. The van der Waals surface area contributed by atoms with Gasteiger partial charge in [0.05, 0.1) is 17.5 Å². The van der Waals surface area contributed by atoms with E-state index < -0.39 is 17.8 Å². The van der Waals surface area contributed by atoms with Gasteiger partial charge < -0.3 is 4.74 Å². The van der Waals surface area contributed by atoms with E-state index in [9.17, 15) is 14.4 Å². The van der Waals surface area contributed by atoms with Crippen LogP contribution in [0.25, 0.3) is 0 Å². The van der Waals surface area contributed by atoms with Crippen molar-refractivity contribution in [3.05, 3.63) is 117 Å². The van der Waals surface area contributed by atoms with Crippen molar-refractivity contribution in [3.63, 3.8) is 0 Å². The summed E-state index contributed by atoms with van der Waals surface area (Å²) < 4.78 is 5.67. The Morgan fingerprint density at radius 2 is 1.20 bits per heavy atom. The molecule has 5 nitrogen and oxygen atoms in total. The minimum atomic E-state index is -0.510. The zero-order chi connectivity index (χ0) is 23.7. The van der Waals surface area contributed by atoms with Crippen molar-refractivity contribution in [2.45, 2.75) is 11.8 Å². The largest absolute Gasteiger partial charge is 0.420 e. The molecule has 2 amide bonds. The average molecular weight is 478 g/mol. The van der Waals surface area contributed by atoms with Gasteiger partial charge in [-0.3, -0.25) is 9.59 Å². The summed E-state index contributed by atoms with van der Waals surface area (Å²) >= 11 is 1.28. The van der Waals surface area contributed by atoms with Gasteiger partial charge in [0.25, 0.3) is 0 Å². The highest BCUT2D eigenvalue weighted by Crippen LogP contribution is 2.61. The van der Waals surface area contributed by atoms with Gasteiger partial charge in [-0.25, -0.2) is 9.69 Å². The molecule has 0 saturated carbocycles. The highest BCUT2D eigenvalue weighted by atomic mass is 32.1. The van der Waals surface area contributed by atoms with Gasteiger partial charge in [0, 0.05) is 11.8 Å². The second kappa shape index (κ2) is 7.48. The number of rotatable bonds is 3. The van der Waals surface area contributed by atoms with Gasteiger partial charge in [0.2, 0.25) is 11.8 Å². The number of nitrogens with zero attached hydrogens (tertiary/aromatic N) is 1. The number of anilines is 1. The van der Waals surface area contributed by atoms with Crippen molar-refractivity contribution in [1.82, 2.24) is 0 Å². The summed E-state index contributed by atoms with van der Waals surface area (Å²) in [4.78, 5) is 42.4. The van der Waals surface area contributed by atoms with Gasteiger partial charge in [-0.1, -0.05) is 66.7 Å². The Labute approximate surface area is 205 Å². The Morgan fingerprint density at radius 3 is 1.71 bits per heavy atom. The molecule has 0 unspecified atom stereocenters. The molecule has 0 N–H and O–H groups in total. The van der Waals surface area contributed by atoms with Crippen LogP contribution in [0.4, 0.5) is 5.69 Å². The molecule has 1 saturated heterocycles. The number of hydrogen-bond donors (Lipinski definition) is 0. The molecule has 35 heavy (non-hydrogen) atoms. The van der Waals surface area contributed by atoms with Crippen molar-refractivity contribution in [1.29, 1.82) is 0 Å². The number of thiophene rings is 1. The van der Waals surface area contributed by atoms with Crippen LogP contribution < -0.4 is 9.64 Å². The van der Waals surface area contributed by atoms with E-state index in [4.69, 9.17) is 4.74 Å². The van der Waals surface area contributed by atoms with Gasteiger partial charge in [-0.05, 0) is 45.8 Å². The Kier molecular flexibility index (Phi) is 4.35. The fourth-order valence-corrected chi connectivity index (χ4v) is 6.79. The number of hydrogen-bond acceptors (Lipinski definition) is 5. The molecule has 3 aromatic carbocycles. The van der Waals surface area contributed by atoms with Gasteiger partial charge in [0.15, 0.2) is 5.75 Å². The topological polar surface area (TPSA) is 63.7 Å². The van der Waals surface area contributed by atoms with Crippen LogP contribution in [0, 0.1) is 11.8 Å². The third-order valence-electron chi connectivity index (χ3n) is 7.48. The van der Waals surface area contributed by atoms with E-state index in [0.717, 1.165) is 22.3 Å². The number of para-hydroxylation sites is 2. The maximum atomic E-state index is 14.0. The van der Waals surface area contributed by atoms with E-state index in [0.29, 0.717) is 10.6 Å². The third kappa shape index (κ3) is 2.77. The van der Waals surface area contributed by atoms with Crippen LogP contribution in [0.1, 0.15) is 43.8 Å². The Balaban J connectivity index is 1.34. The van der Waals surface area contributed by atoms with Crippen LogP contribution >= 0.6 is 11.3 Å². The zero-order valence-corrected chi connectivity index (χ0v) is 19.3. The fraction of sp³-hybridized carbons (Fsp3) is 0.138. The van der Waals surface area contributed by atoms with Crippen molar-refractivity contribution in [2.24, 2.45) is 11.8 Å². The lowest BCUT2D eigenvalue weighted by atomic mass is 9.55. The predicted molar refractivity (Wildman–Crippen MR) is 132 cm³/mol. The molecular formula is C29H19NO4S. The molecular weight excluding hydrogens is 458 g/mol. The molecule has 4 aromatic rings. The molecule has 3 aliphatic carbocycles. The summed E-state index contributed by atoms with van der Waals surface area (Å²) in [7, 11) is 0. The molecule has 1 aliphatic heterocycles. The van der Waals surface area contributed by atoms with Crippen LogP contribution in [-0.2, 0) is 9.59 Å². The summed E-state index contributed by atoms with van der Waals surface area (Å²) in [6.45, 7) is 0.